The molecule has 0 radical (unpaired) electrons. The molecule has 1 N–H and O–H groups in total. The first-order valence-electron chi connectivity index (χ1n) is 11.7. The highest BCUT2D eigenvalue weighted by atomic mass is 28.4. The molecule has 186 valence electrons. The van der Waals surface area contributed by atoms with E-state index in [4.69, 9.17) is 26.6 Å². The van der Waals surface area contributed by atoms with E-state index in [2.05, 4.69) is 5.32 Å². The molecule has 0 unspecified atom stereocenters. The van der Waals surface area contributed by atoms with Gasteiger partial charge in [-0.2, -0.15) is 0 Å². The van der Waals surface area contributed by atoms with E-state index in [9.17, 15) is 4.79 Å². The Labute approximate surface area is 194 Å². The van der Waals surface area contributed by atoms with Crippen LogP contribution in [-0.2, 0) is 26.6 Å². The molecule has 0 aromatic rings. The van der Waals surface area contributed by atoms with Crippen LogP contribution in [-0.4, -0.2) is 91.3 Å². The minimum Gasteiger partial charge on any atom is -0.374 e. The van der Waals surface area contributed by atoms with Crippen LogP contribution in [0.2, 0.25) is 12.1 Å². The van der Waals surface area contributed by atoms with Gasteiger partial charge in [0.25, 0.3) is 0 Å². The summed E-state index contributed by atoms with van der Waals surface area (Å²) in [5.41, 5.74) is 0. The summed E-state index contributed by atoms with van der Waals surface area (Å²) in [6.07, 6.45) is 1.54. The number of nitrogens with zero attached hydrogens (tertiary/aromatic N) is 1. The second-order valence-corrected chi connectivity index (χ2v) is 13.4. The molecule has 0 aliphatic heterocycles. The molecule has 0 spiro atoms. The van der Waals surface area contributed by atoms with Crippen LogP contribution in [0.3, 0.4) is 0 Å². The smallest absolute Gasteiger partial charge is 0.374 e. The summed E-state index contributed by atoms with van der Waals surface area (Å²) in [4.78, 5) is 12.5. The second kappa shape index (κ2) is 18.1. The summed E-state index contributed by atoms with van der Waals surface area (Å²) < 4.78 is 37.0. The minimum atomic E-state index is -2.65. The van der Waals surface area contributed by atoms with Gasteiger partial charge in [-0.25, -0.2) is 4.79 Å². The second-order valence-electron chi connectivity index (χ2n) is 6.82. The number of hydrogen-bond donors (Lipinski definition) is 1. The first-order chi connectivity index (χ1) is 14.9. The van der Waals surface area contributed by atoms with Gasteiger partial charge in [0.1, 0.15) is 10.4 Å². The minimum absolute atomic E-state index is 0.0420. The average Bonchev–Trinajstić information content (AvgIpc) is 2.72. The fourth-order valence-electron chi connectivity index (χ4n) is 3.27. The van der Waals surface area contributed by atoms with Gasteiger partial charge in [-0.1, -0.05) is 0 Å². The van der Waals surface area contributed by atoms with Crippen molar-refractivity contribution in [3.8, 4) is 0 Å². The van der Waals surface area contributed by atoms with Gasteiger partial charge in [-0.15, -0.1) is 0 Å². The lowest BCUT2D eigenvalue weighted by atomic mass is 10.4. The summed E-state index contributed by atoms with van der Waals surface area (Å²) in [5.74, 6) is 0. The fourth-order valence-corrected chi connectivity index (χ4v) is 8.95. The van der Waals surface area contributed by atoms with E-state index in [1.54, 1.807) is 0 Å². The van der Waals surface area contributed by atoms with Crippen molar-refractivity contribution in [1.82, 2.24) is 9.88 Å². The molecule has 0 saturated heterocycles. The molecule has 12 heteroatoms. The summed E-state index contributed by atoms with van der Waals surface area (Å²) in [6, 6.07) is 1.36. The summed E-state index contributed by atoms with van der Waals surface area (Å²) >= 11 is 0. The molecule has 0 fully saturated rings. The Morgan fingerprint density at radius 2 is 1.06 bits per heavy atom. The van der Waals surface area contributed by atoms with E-state index in [0.717, 1.165) is 12.8 Å². The number of urea groups is 1. The van der Waals surface area contributed by atoms with Crippen LogP contribution in [0.1, 0.15) is 54.4 Å². The third kappa shape index (κ3) is 12.5. The van der Waals surface area contributed by atoms with Crippen LogP contribution in [0.5, 0.6) is 0 Å². The van der Waals surface area contributed by atoms with E-state index in [-0.39, 0.29) is 6.03 Å². The summed E-state index contributed by atoms with van der Waals surface area (Å²) in [7, 11) is -4.66. The molecule has 0 aromatic carbocycles. The molecule has 0 aromatic heterocycles. The Morgan fingerprint density at radius 3 is 1.42 bits per heavy atom. The molecule has 0 atom stereocenters. The number of rotatable bonds is 20. The SMILES string of the molecule is CCO[Si](CCCNC(=O)N([SiH3])CCC[Si](OCC)(OCC)OCC)(OCC)OCC. The molecule has 0 aliphatic carbocycles. The predicted molar refractivity (Wildman–Crippen MR) is 130 cm³/mol. The molecular formula is C19H46N2O7Si3. The Hall–Kier alpha value is -0.319. The molecule has 0 bridgehead atoms. The van der Waals surface area contributed by atoms with Crippen LogP contribution in [0.25, 0.3) is 0 Å². The zero-order valence-electron chi connectivity index (χ0n) is 20.8. The van der Waals surface area contributed by atoms with Crippen LogP contribution in [0.4, 0.5) is 4.79 Å². The third-order valence-corrected chi connectivity index (χ3v) is 11.6. The lowest BCUT2D eigenvalue weighted by Crippen LogP contribution is -2.47. The quantitative estimate of drug-likeness (QED) is 0.203. The molecule has 31 heavy (non-hydrogen) atoms. The average molecular weight is 499 g/mol. The maximum absolute atomic E-state index is 12.5. The Bertz CT molecular complexity index is 430. The largest absolute Gasteiger partial charge is 0.500 e. The molecular weight excluding hydrogens is 452 g/mol. The third-order valence-electron chi connectivity index (χ3n) is 4.44. The topological polar surface area (TPSA) is 87.7 Å². The zero-order valence-corrected chi connectivity index (χ0v) is 24.8. The Morgan fingerprint density at radius 1 is 0.710 bits per heavy atom. The van der Waals surface area contributed by atoms with Gasteiger partial charge in [0, 0.05) is 64.8 Å². The standard InChI is InChI=1S/C19H46N2O7Si3/c1-7-23-30(24-8-2,25-9-3)17-13-15-20-19(22)21(29)16-14-18-31(26-10-4,27-11-5)28-12-6/h7-18H2,1-6,29H3,(H,20,22). The summed E-state index contributed by atoms with van der Waals surface area (Å²) in [6.45, 7) is 16.3. The maximum atomic E-state index is 12.5. The number of carbonyl (C=O) groups is 1. The van der Waals surface area contributed by atoms with Gasteiger partial charge in [-0.05, 0) is 54.4 Å². The van der Waals surface area contributed by atoms with E-state index < -0.39 is 17.6 Å². The number of carbonyl (C=O) groups excluding carboxylic acids is 1. The molecule has 0 aliphatic rings. The van der Waals surface area contributed by atoms with Gasteiger partial charge in [-0.3, -0.25) is 0 Å². The lowest BCUT2D eigenvalue weighted by molar-refractivity contribution is 0.0700. The molecule has 0 saturated carbocycles. The highest BCUT2D eigenvalue weighted by Gasteiger charge is 2.40. The van der Waals surface area contributed by atoms with Crippen LogP contribution in [0.15, 0.2) is 0 Å². The van der Waals surface area contributed by atoms with Crippen molar-refractivity contribution in [3.63, 3.8) is 0 Å². The number of hydrogen-bond acceptors (Lipinski definition) is 7. The highest BCUT2D eigenvalue weighted by molar-refractivity contribution is 6.61. The van der Waals surface area contributed by atoms with Gasteiger partial charge in [0.2, 0.25) is 0 Å². The van der Waals surface area contributed by atoms with Crippen molar-refractivity contribution in [1.29, 1.82) is 0 Å². The van der Waals surface area contributed by atoms with E-state index >= 15 is 0 Å². The van der Waals surface area contributed by atoms with E-state index in [1.807, 2.05) is 46.1 Å². The molecule has 0 rings (SSSR count). The Kier molecular flexibility index (Phi) is 18.0. The van der Waals surface area contributed by atoms with Crippen LogP contribution < -0.4 is 5.32 Å². The highest BCUT2D eigenvalue weighted by Crippen LogP contribution is 2.19. The van der Waals surface area contributed by atoms with Gasteiger partial charge >= 0.3 is 23.6 Å². The first kappa shape index (κ1) is 30.7. The van der Waals surface area contributed by atoms with Crippen molar-refractivity contribution in [3.05, 3.63) is 0 Å². The van der Waals surface area contributed by atoms with Crippen LogP contribution in [0, 0.1) is 0 Å². The fraction of sp³-hybridized carbons (Fsp3) is 0.947. The maximum Gasteiger partial charge on any atom is 0.500 e. The van der Waals surface area contributed by atoms with Gasteiger partial charge in [0.05, 0.1) is 0 Å². The van der Waals surface area contributed by atoms with Crippen LogP contribution >= 0.6 is 0 Å². The van der Waals surface area contributed by atoms with E-state index in [1.165, 1.54) is 0 Å². The lowest BCUT2D eigenvalue weighted by Gasteiger charge is -2.29. The van der Waals surface area contributed by atoms with Crippen molar-refractivity contribution in [2.75, 3.05) is 52.7 Å². The molecule has 0 heterocycles. The molecule has 9 nitrogen and oxygen atoms in total. The predicted octanol–water partition coefficient (Wildman–Crippen LogP) is 2.16. The van der Waals surface area contributed by atoms with Crippen molar-refractivity contribution >= 4 is 34.0 Å². The van der Waals surface area contributed by atoms with Crippen molar-refractivity contribution in [2.24, 2.45) is 0 Å². The molecule has 2 amide bonds. The Balaban J connectivity index is 4.47. The normalized spacial score (nSPS) is 12.3. The monoisotopic (exact) mass is 498 g/mol. The zero-order chi connectivity index (χ0) is 23.6. The van der Waals surface area contributed by atoms with Gasteiger partial charge < -0.3 is 36.4 Å². The summed E-state index contributed by atoms with van der Waals surface area (Å²) in [5, 5.41) is 3.00. The number of nitrogens with one attached hydrogen (secondary N) is 1. The number of amides is 2. The van der Waals surface area contributed by atoms with E-state index in [0.29, 0.717) is 75.2 Å². The van der Waals surface area contributed by atoms with Crippen molar-refractivity contribution < 1.29 is 31.4 Å². The first-order valence-corrected chi connectivity index (χ1v) is 16.5. The van der Waals surface area contributed by atoms with Crippen molar-refractivity contribution in [2.45, 2.75) is 66.5 Å². The van der Waals surface area contributed by atoms with Gasteiger partial charge in [0.15, 0.2) is 0 Å².